The molecular weight excluding hydrogens is 278 g/mol. The smallest absolute Gasteiger partial charge is 0.410 e. The molecule has 122 valence electrons. The molecule has 1 saturated carbocycles. The van der Waals surface area contributed by atoms with E-state index in [9.17, 15) is 13.6 Å². The minimum atomic E-state index is -2.50. The number of hydrogen-bond acceptors (Lipinski definition) is 3. The molecule has 1 amide bonds. The van der Waals surface area contributed by atoms with Gasteiger partial charge >= 0.3 is 6.09 Å². The maximum atomic E-state index is 13.2. The molecule has 6 heteroatoms. The van der Waals surface area contributed by atoms with E-state index in [0.717, 1.165) is 0 Å². The Morgan fingerprint density at radius 3 is 2.48 bits per heavy atom. The molecular formula is C15H26F2N2O2. The van der Waals surface area contributed by atoms with Crippen molar-refractivity contribution in [3.8, 4) is 0 Å². The number of amides is 1. The lowest BCUT2D eigenvalue weighted by Crippen LogP contribution is -2.56. The van der Waals surface area contributed by atoms with E-state index in [4.69, 9.17) is 4.74 Å². The Balaban J connectivity index is 1.88. The van der Waals surface area contributed by atoms with Gasteiger partial charge in [0.25, 0.3) is 0 Å². The Morgan fingerprint density at radius 2 is 1.90 bits per heavy atom. The number of hydrogen-bond donors (Lipinski definition) is 1. The minimum absolute atomic E-state index is 0.0394. The first-order valence-electron chi connectivity index (χ1n) is 7.75. The van der Waals surface area contributed by atoms with E-state index in [1.165, 1.54) is 0 Å². The molecule has 4 nitrogen and oxygen atoms in total. The molecule has 0 radical (unpaired) electrons. The molecule has 1 unspecified atom stereocenters. The summed E-state index contributed by atoms with van der Waals surface area (Å²) in [7, 11) is 0. The van der Waals surface area contributed by atoms with Crippen molar-refractivity contribution in [3.05, 3.63) is 0 Å². The van der Waals surface area contributed by atoms with Gasteiger partial charge in [-0.3, -0.25) is 0 Å². The summed E-state index contributed by atoms with van der Waals surface area (Å²) in [5.41, 5.74) is -0.510. The highest BCUT2D eigenvalue weighted by molar-refractivity contribution is 5.68. The van der Waals surface area contributed by atoms with Gasteiger partial charge in [0.05, 0.1) is 0 Å². The molecule has 1 N–H and O–H groups in total. The number of nitrogens with zero attached hydrogens (tertiary/aromatic N) is 1. The molecule has 2 rings (SSSR count). The highest BCUT2D eigenvalue weighted by Gasteiger charge is 2.39. The predicted molar refractivity (Wildman–Crippen MR) is 76.5 cm³/mol. The second kappa shape index (κ2) is 6.07. The van der Waals surface area contributed by atoms with Crippen LogP contribution in [0.2, 0.25) is 0 Å². The van der Waals surface area contributed by atoms with Crippen molar-refractivity contribution in [2.75, 3.05) is 19.6 Å². The predicted octanol–water partition coefficient (Wildman–Crippen LogP) is 3.02. The molecule has 0 aromatic heterocycles. The Hall–Kier alpha value is -0.910. The van der Waals surface area contributed by atoms with Crippen LogP contribution in [0.3, 0.4) is 0 Å². The average molecular weight is 304 g/mol. The van der Waals surface area contributed by atoms with E-state index in [2.05, 4.69) is 5.32 Å². The Kier molecular flexibility index (Phi) is 4.76. The van der Waals surface area contributed by atoms with Crippen LogP contribution in [0.4, 0.5) is 13.6 Å². The maximum absolute atomic E-state index is 13.2. The topological polar surface area (TPSA) is 41.6 Å². The summed E-state index contributed by atoms with van der Waals surface area (Å²) in [6.45, 7) is 7.37. The van der Waals surface area contributed by atoms with Crippen LogP contribution >= 0.6 is 0 Å². The van der Waals surface area contributed by atoms with Gasteiger partial charge in [-0.05, 0) is 39.5 Å². The standard InChI is InChI=1S/C15H26F2N2O2/c1-14(2,3)21-13(20)19-9-8-18-12(10-19)11-4-6-15(16,17)7-5-11/h11-12,18H,4-10H2,1-3H3. The van der Waals surface area contributed by atoms with E-state index in [-0.39, 0.29) is 30.9 Å². The molecule has 0 aromatic carbocycles. The number of alkyl halides is 2. The lowest BCUT2D eigenvalue weighted by Gasteiger charge is -2.40. The zero-order chi connectivity index (χ0) is 15.7. The van der Waals surface area contributed by atoms with Gasteiger partial charge in [0.1, 0.15) is 5.60 Å². The van der Waals surface area contributed by atoms with E-state index in [1.54, 1.807) is 4.90 Å². The van der Waals surface area contributed by atoms with Crippen molar-refractivity contribution in [2.24, 2.45) is 5.92 Å². The quantitative estimate of drug-likeness (QED) is 0.809. The lowest BCUT2D eigenvalue weighted by atomic mass is 9.81. The lowest BCUT2D eigenvalue weighted by molar-refractivity contribution is -0.0527. The molecule has 1 saturated heterocycles. The maximum Gasteiger partial charge on any atom is 0.410 e. The molecule has 2 fully saturated rings. The molecule has 2 aliphatic rings. The summed E-state index contributed by atoms with van der Waals surface area (Å²) in [6.07, 6.45) is 0.652. The highest BCUT2D eigenvalue weighted by Crippen LogP contribution is 2.37. The third-order valence-electron chi connectivity index (χ3n) is 4.19. The molecule has 1 atom stereocenters. The van der Waals surface area contributed by atoms with Gasteiger partial charge in [-0.15, -0.1) is 0 Å². The zero-order valence-corrected chi connectivity index (χ0v) is 13.1. The summed E-state index contributed by atoms with van der Waals surface area (Å²) in [6, 6.07) is 0.0994. The van der Waals surface area contributed by atoms with Gasteiger partial charge < -0.3 is 15.0 Å². The highest BCUT2D eigenvalue weighted by atomic mass is 19.3. The first kappa shape index (κ1) is 16.5. The molecule has 1 heterocycles. The summed E-state index contributed by atoms with van der Waals surface area (Å²) in [5, 5.41) is 3.37. The van der Waals surface area contributed by atoms with Crippen LogP contribution in [0.1, 0.15) is 46.5 Å². The van der Waals surface area contributed by atoms with Gasteiger partial charge in [0.15, 0.2) is 0 Å². The number of nitrogens with one attached hydrogen (secondary N) is 1. The molecule has 0 spiro atoms. The van der Waals surface area contributed by atoms with Gasteiger partial charge in [0, 0.05) is 38.5 Å². The van der Waals surface area contributed by atoms with Crippen LogP contribution in [0, 0.1) is 5.92 Å². The monoisotopic (exact) mass is 304 g/mol. The largest absolute Gasteiger partial charge is 0.444 e. The SMILES string of the molecule is CC(C)(C)OC(=O)N1CCNC(C2CCC(F)(F)CC2)C1. The average Bonchev–Trinajstić information content (AvgIpc) is 2.37. The summed E-state index contributed by atoms with van der Waals surface area (Å²) >= 11 is 0. The summed E-state index contributed by atoms with van der Waals surface area (Å²) in [4.78, 5) is 13.8. The molecule has 1 aliphatic carbocycles. The molecule has 0 bridgehead atoms. The summed E-state index contributed by atoms with van der Waals surface area (Å²) in [5.74, 6) is -2.29. The Labute approximate surface area is 125 Å². The minimum Gasteiger partial charge on any atom is -0.444 e. The van der Waals surface area contributed by atoms with Crippen molar-refractivity contribution in [3.63, 3.8) is 0 Å². The van der Waals surface area contributed by atoms with E-state index in [1.807, 2.05) is 20.8 Å². The number of ether oxygens (including phenoxy) is 1. The Bertz CT molecular complexity index is 372. The fourth-order valence-corrected chi connectivity index (χ4v) is 3.05. The van der Waals surface area contributed by atoms with Gasteiger partial charge in [0.2, 0.25) is 5.92 Å². The van der Waals surface area contributed by atoms with Crippen molar-refractivity contribution in [1.82, 2.24) is 10.2 Å². The van der Waals surface area contributed by atoms with Crippen LogP contribution in [0.15, 0.2) is 0 Å². The Morgan fingerprint density at radius 1 is 1.29 bits per heavy atom. The molecule has 0 aromatic rings. The van der Waals surface area contributed by atoms with E-state index >= 15 is 0 Å². The fraction of sp³-hybridized carbons (Fsp3) is 0.933. The molecule has 1 aliphatic heterocycles. The number of rotatable bonds is 1. The third kappa shape index (κ3) is 4.80. The second-order valence-electron chi connectivity index (χ2n) is 7.18. The summed E-state index contributed by atoms with van der Waals surface area (Å²) < 4.78 is 31.8. The number of piperazine rings is 1. The van der Waals surface area contributed by atoms with Crippen LogP contribution < -0.4 is 5.32 Å². The zero-order valence-electron chi connectivity index (χ0n) is 13.1. The number of carbonyl (C=O) groups excluding carboxylic acids is 1. The van der Waals surface area contributed by atoms with Crippen molar-refractivity contribution >= 4 is 6.09 Å². The first-order valence-corrected chi connectivity index (χ1v) is 7.75. The normalized spacial score (nSPS) is 27.5. The van der Waals surface area contributed by atoms with E-state index < -0.39 is 11.5 Å². The molecule has 21 heavy (non-hydrogen) atoms. The van der Waals surface area contributed by atoms with Crippen LogP contribution in [-0.4, -0.2) is 48.2 Å². The van der Waals surface area contributed by atoms with Crippen LogP contribution in [0.5, 0.6) is 0 Å². The first-order chi connectivity index (χ1) is 9.66. The van der Waals surface area contributed by atoms with Crippen LogP contribution in [-0.2, 0) is 4.74 Å². The number of halogens is 2. The fourth-order valence-electron chi connectivity index (χ4n) is 3.05. The second-order valence-corrected chi connectivity index (χ2v) is 7.18. The van der Waals surface area contributed by atoms with Crippen molar-refractivity contribution in [2.45, 2.75) is 64.0 Å². The van der Waals surface area contributed by atoms with E-state index in [0.29, 0.717) is 32.5 Å². The van der Waals surface area contributed by atoms with Crippen LogP contribution in [0.25, 0.3) is 0 Å². The van der Waals surface area contributed by atoms with Gasteiger partial charge in [-0.1, -0.05) is 0 Å². The van der Waals surface area contributed by atoms with Gasteiger partial charge in [-0.25, -0.2) is 13.6 Å². The van der Waals surface area contributed by atoms with Crippen molar-refractivity contribution in [1.29, 1.82) is 0 Å². The van der Waals surface area contributed by atoms with Crippen molar-refractivity contribution < 1.29 is 18.3 Å². The third-order valence-corrected chi connectivity index (χ3v) is 4.19. The number of carbonyl (C=O) groups is 1. The van der Waals surface area contributed by atoms with Gasteiger partial charge in [-0.2, -0.15) is 0 Å².